The fraction of sp³-hybridized carbons (Fsp3) is 0.588. The third kappa shape index (κ3) is 8.18. The van der Waals surface area contributed by atoms with Crippen molar-refractivity contribution < 1.29 is 13.2 Å². The number of carbonyl (C=O) groups excluding carboxylic acids is 1. The minimum absolute atomic E-state index is 0. The van der Waals surface area contributed by atoms with Gasteiger partial charge >= 0.3 is 0 Å². The summed E-state index contributed by atoms with van der Waals surface area (Å²) in [4.78, 5) is 12.4. The number of rotatable bonds is 8. The average Bonchev–Trinajstić information content (AvgIpc) is 2.44. The first-order valence-electron chi connectivity index (χ1n) is 8.20. The Hall–Kier alpha value is -1.15. The van der Waals surface area contributed by atoms with Gasteiger partial charge in [-0.15, -0.1) is 12.4 Å². The highest BCUT2D eigenvalue weighted by Gasteiger charge is 2.23. The van der Waals surface area contributed by atoms with Crippen LogP contribution in [0, 0.1) is 6.92 Å². The van der Waals surface area contributed by atoms with E-state index < -0.39 is 15.6 Å². The van der Waals surface area contributed by atoms with E-state index in [-0.39, 0.29) is 23.2 Å². The lowest BCUT2D eigenvalue weighted by atomic mass is 10.1. The normalized spacial score (nSPS) is 11.7. The molecular weight excluding hydrogens is 362 g/mol. The molecule has 1 aromatic rings. The number of hydrogen-bond acceptors (Lipinski definition) is 4. The summed E-state index contributed by atoms with van der Waals surface area (Å²) in [5.41, 5.74) is 0.530. The van der Waals surface area contributed by atoms with Crippen LogP contribution in [-0.4, -0.2) is 39.5 Å². The Balaban J connectivity index is 0.00000576. The summed E-state index contributed by atoms with van der Waals surface area (Å²) in [7, 11) is -3.67. The Morgan fingerprint density at radius 1 is 1.12 bits per heavy atom. The molecule has 25 heavy (non-hydrogen) atoms. The molecule has 0 radical (unpaired) electrons. The Morgan fingerprint density at radius 3 is 2.32 bits per heavy atom. The predicted octanol–water partition coefficient (Wildman–Crippen LogP) is 2.22. The predicted molar refractivity (Wildman–Crippen MR) is 104 cm³/mol. The molecule has 0 unspecified atom stereocenters. The molecule has 0 aliphatic rings. The molecule has 0 bridgehead atoms. The van der Waals surface area contributed by atoms with Crippen LogP contribution in [-0.2, 0) is 10.0 Å². The lowest BCUT2D eigenvalue weighted by Crippen LogP contribution is -2.40. The maximum Gasteiger partial charge on any atom is 0.251 e. The van der Waals surface area contributed by atoms with E-state index in [1.54, 1.807) is 33.8 Å². The van der Waals surface area contributed by atoms with Crippen LogP contribution in [0.1, 0.15) is 50.0 Å². The third-order valence-electron chi connectivity index (χ3n) is 3.22. The molecule has 8 heteroatoms. The van der Waals surface area contributed by atoms with E-state index in [4.69, 9.17) is 0 Å². The summed E-state index contributed by atoms with van der Waals surface area (Å²) in [5, 5.41) is 6.01. The van der Waals surface area contributed by atoms with E-state index in [0.717, 1.165) is 18.5 Å². The van der Waals surface area contributed by atoms with Crippen molar-refractivity contribution >= 4 is 28.3 Å². The molecule has 0 aromatic heterocycles. The van der Waals surface area contributed by atoms with E-state index in [1.165, 1.54) is 12.1 Å². The Bertz CT molecular complexity index is 670. The van der Waals surface area contributed by atoms with Gasteiger partial charge in [-0.05, 0) is 58.4 Å². The van der Waals surface area contributed by atoms with Gasteiger partial charge in [0.05, 0.1) is 4.90 Å². The van der Waals surface area contributed by atoms with Crippen molar-refractivity contribution in [2.75, 3.05) is 19.6 Å². The zero-order valence-electron chi connectivity index (χ0n) is 15.6. The number of halogens is 1. The second-order valence-corrected chi connectivity index (χ2v) is 8.52. The summed E-state index contributed by atoms with van der Waals surface area (Å²) in [6.07, 6.45) is 1.04. The van der Waals surface area contributed by atoms with Crippen LogP contribution in [0.15, 0.2) is 23.1 Å². The molecule has 0 aliphatic heterocycles. The van der Waals surface area contributed by atoms with E-state index in [1.807, 2.05) is 0 Å². The highest BCUT2D eigenvalue weighted by molar-refractivity contribution is 7.89. The Kier molecular flexibility index (Phi) is 9.64. The SMILES string of the molecule is CCCNCCNC(=O)c1cc(S(=O)(=O)NC(C)(C)C)ccc1C.Cl. The standard InChI is InChI=1S/C17H29N3O3S.ClH/c1-6-9-18-10-11-19-16(21)15-12-14(8-7-13(15)2)24(22,23)20-17(3,4)5;/h7-8,12,18,20H,6,9-11H2,1-5H3,(H,19,21);1H. The fourth-order valence-corrected chi connectivity index (χ4v) is 3.58. The highest BCUT2D eigenvalue weighted by Crippen LogP contribution is 2.17. The number of hydrogen-bond donors (Lipinski definition) is 3. The van der Waals surface area contributed by atoms with E-state index in [0.29, 0.717) is 18.7 Å². The maximum absolute atomic E-state index is 12.4. The quantitative estimate of drug-likeness (QED) is 0.593. The lowest BCUT2D eigenvalue weighted by molar-refractivity contribution is 0.0953. The molecule has 3 N–H and O–H groups in total. The number of amides is 1. The molecule has 0 atom stereocenters. The van der Waals surface area contributed by atoms with Crippen molar-refractivity contribution in [3.63, 3.8) is 0 Å². The average molecular weight is 392 g/mol. The molecule has 1 amide bonds. The smallest absolute Gasteiger partial charge is 0.251 e. The Labute approximate surface area is 157 Å². The van der Waals surface area contributed by atoms with Gasteiger partial charge in [0.2, 0.25) is 10.0 Å². The molecule has 0 aliphatic carbocycles. The van der Waals surface area contributed by atoms with Gasteiger partial charge in [-0.2, -0.15) is 0 Å². The number of aryl methyl sites for hydroxylation is 1. The Morgan fingerprint density at radius 2 is 1.76 bits per heavy atom. The van der Waals surface area contributed by atoms with Gasteiger partial charge < -0.3 is 10.6 Å². The molecule has 0 spiro atoms. The number of sulfonamides is 1. The van der Waals surface area contributed by atoms with Gasteiger partial charge in [-0.1, -0.05) is 13.0 Å². The summed E-state index contributed by atoms with van der Waals surface area (Å²) in [5.74, 6) is -0.265. The van der Waals surface area contributed by atoms with Crippen LogP contribution in [0.2, 0.25) is 0 Å². The van der Waals surface area contributed by atoms with Crippen molar-refractivity contribution in [1.82, 2.24) is 15.4 Å². The van der Waals surface area contributed by atoms with Crippen LogP contribution < -0.4 is 15.4 Å². The lowest BCUT2D eigenvalue weighted by Gasteiger charge is -2.20. The first-order valence-corrected chi connectivity index (χ1v) is 9.68. The molecule has 1 aromatic carbocycles. The van der Waals surface area contributed by atoms with Crippen molar-refractivity contribution in [1.29, 1.82) is 0 Å². The molecule has 6 nitrogen and oxygen atoms in total. The van der Waals surface area contributed by atoms with Crippen LogP contribution in [0.5, 0.6) is 0 Å². The third-order valence-corrected chi connectivity index (χ3v) is 4.97. The molecule has 1 rings (SSSR count). The van der Waals surface area contributed by atoms with Crippen LogP contribution in [0.25, 0.3) is 0 Å². The van der Waals surface area contributed by atoms with Gasteiger partial charge in [0.25, 0.3) is 5.91 Å². The number of carbonyl (C=O) groups is 1. The zero-order chi connectivity index (χ0) is 18.4. The van der Waals surface area contributed by atoms with E-state index >= 15 is 0 Å². The van der Waals surface area contributed by atoms with Crippen molar-refractivity contribution in [2.24, 2.45) is 0 Å². The second kappa shape index (κ2) is 10.1. The molecule has 0 fully saturated rings. The van der Waals surface area contributed by atoms with Gasteiger partial charge in [-0.25, -0.2) is 13.1 Å². The maximum atomic E-state index is 12.4. The molecule has 144 valence electrons. The first kappa shape index (κ1) is 23.9. The van der Waals surface area contributed by atoms with Crippen molar-refractivity contribution in [2.45, 2.75) is 51.5 Å². The summed E-state index contributed by atoms with van der Waals surface area (Å²) >= 11 is 0. The first-order chi connectivity index (χ1) is 11.1. The highest BCUT2D eigenvalue weighted by atomic mass is 35.5. The van der Waals surface area contributed by atoms with E-state index in [9.17, 15) is 13.2 Å². The van der Waals surface area contributed by atoms with E-state index in [2.05, 4.69) is 22.3 Å². The summed E-state index contributed by atoms with van der Waals surface area (Å²) < 4.78 is 27.4. The van der Waals surface area contributed by atoms with Gasteiger partial charge in [0.15, 0.2) is 0 Å². The molecule has 0 saturated heterocycles. The second-order valence-electron chi connectivity index (χ2n) is 6.84. The van der Waals surface area contributed by atoms with Crippen LogP contribution in [0.3, 0.4) is 0 Å². The van der Waals surface area contributed by atoms with Gasteiger partial charge in [-0.3, -0.25) is 4.79 Å². The van der Waals surface area contributed by atoms with Gasteiger partial charge in [0.1, 0.15) is 0 Å². The zero-order valence-corrected chi connectivity index (χ0v) is 17.2. The van der Waals surface area contributed by atoms with Crippen molar-refractivity contribution in [3.05, 3.63) is 29.3 Å². The summed E-state index contributed by atoms with van der Waals surface area (Å²) in [6, 6.07) is 4.60. The monoisotopic (exact) mass is 391 g/mol. The molecule has 0 heterocycles. The van der Waals surface area contributed by atoms with Crippen LogP contribution in [0.4, 0.5) is 0 Å². The van der Waals surface area contributed by atoms with Gasteiger partial charge in [0, 0.05) is 24.2 Å². The van der Waals surface area contributed by atoms with Crippen molar-refractivity contribution in [3.8, 4) is 0 Å². The number of benzene rings is 1. The molecule has 0 saturated carbocycles. The minimum atomic E-state index is -3.67. The largest absolute Gasteiger partial charge is 0.351 e. The number of nitrogens with one attached hydrogen (secondary N) is 3. The topological polar surface area (TPSA) is 87.3 Å². The van der Waals surface area contributed by atoms with Crippen LogP contribution >= 0.6 is 12.4 Å². The minimum Gasteiger partial charge on any atom is -0.351 e. The fourth-order valence-electron chi connectivity index (χ4n) is 2.14. The molecular formula is C17H30ClN3O3S. The summed E-state index contributed by atoms with van der Waals surface area (Å²) in [6.45, 7) is 11.3.